The third kappa shape index (κ3) is 4.58. The lowest BCUT2D eigenvalue weighted by molar-refractivity contribution is -0.146. The zero-order chi connectivity index (χ0) is 22.6. The number of carbonyl (C=O) groups excluding carboxylic acids is 1. The standard InChI is InChI=1S/C27H32N4O2/c1-33-27(32)23-13-11-22(12-14-23)26-30-29-25(31(26)24-5-3-2-4-6-24)21-9-7-19(8-10-21)20-15-17-28-18-16-20/h2-10,20,22-23,28H,11-18H2,1H3. The third-order valence-corrected chi connectivity index (χ3v) is 7.31. The summed E-state index contributed by atoms with van der Waals surface area (Å²) in [7, 11) is 1.48. The predicted octanol–water partition coefficient (Wildman–Crippen LogP) is 4.85. The predicted molar refractivity (Wildman–Crippen MR) is 128 cm³/mol. The van der Waals surface area contributed by atoms with Gasteiger partial charge in [-0.25, -0.2) is 0 Å². The fourth-order valence-electron chi connectivity index (χ4n) is 5.39. The van der Waals surface area contributed by atoms with E-state index in [0.717, 1.165) is 61.7 Å². The molecule has 6 nitrogen and oxygen atoms in total. The van der Waals surface area contributed by atoms with Gasteiger partial charge in [-0.1, -0.05) is 42.5 Å². The summed E-state index contributed by atoms with van der Waals surface area (Å²) in [5.41, 5.74) is 3.57. The van der Waals surface area contributed by atoms with Gasteiger partial charge in [-0.2, -0.15) is 0 Å². The Morgan fingerprint density at radius 2 is 1.58 bits per heavy atom. The summed E-state index contributed by atoms with van der Waals surface area (Å²) in [5, 5.41) is 12.8. The molecule has 2 heterocycles. The minimum Gasteiger partial charge on any atom is -0.469 e. The van der Waals surface area contributed by atoms with Crippen LogP contribution < -0.4 is 5.32 Å². The molecule has 2 aromatic carbocycles. The van der Waals surface area contributed by atoms with Gasteiger partial charge in [-0.05, 0) is 75.2 Å². The van der Waals surface area contributed by atoms with Crippen LogP contribution in [-0.4, -0.2) is 40.9 Å². The largest absolute Gasteiger partial charge is 0.469 e. The summed E-state index contributed by atoms with van der Waals surface area (Å²) in [4.78, 5) is 12.0. The lowest BCUT2D eigenvalue weighted by Crippen LogP contribution is -2.26. The second-order valence-electron chi connectivity index (χ2n) is 9.27. The molecule has 1 N–H and O–H groups in total. The summed E-state index contributed by atoms with van der Waals surface area (Å²) < 4.78 is 7.17. The van der Waals surface area contributed by atoms with E-state index in [0.29, 0.717) is 5.92 Å². The zero-order valence-electron chi connectivity index (χ0n) is 19.2. The average molecular weight is 445 g/mol. The van der Waals surface area contributed by atoms with Crippen LogP contribution in [0.1, 0.15) is 61.7 Å². The van der Waals surface area contributed by atoms with Gasteiger partial charge in [0.1, 0.15) is 5.82 Å². The number of nitrogens with one attached hydrogen (secondary N) is 1. The average Bonchev–Trinajstić information content (AvgIpc) is 3.35. The van der Waals surface area contributed by atoms with Crippen molar-refractivity contribution in [2.24, 2.45) is 5.92 Å². The summed E-state index contributed by atoms with van der Waals surface area (Å²) in [6.07, 6.45) is 5.88. The lowest BCUT2D eigenvalue weighted by atomic mass is 9.81. The Morgan fingerprint density at radius 3 is 2.24 bits per heavy atom. The normalized spacial score (nSPS) is 21.6. The van der Waals surface area contributed by atoms with Gasteiger partial charge in [0, 0.05) is 17.2 Å². The van der Waals surface area contributed by atoms with E-state index in [1.807, 2.05) is 6.07 Å². The van der Waals surface area contributed by atoms with E-state index in [1.54, 1.807) is 0 Å². The van der Waals surface area contributed by atoms with Crippen molar-refractivity contribution in [3.8, 4) is 17.1 Å². The molecule has 3 aromatic rings. The number of piperidine rings is 1. The molecule has 0 amide bonds. The third-order valence-electron chi connectivity index (χ3n) is 7.31. The van der Waals surface area contributed by atoms with Crippen molar-refractivity contribution in [3.05, 3.63) is 66.0 Å². The Morgan fingerprint density at radius 1 is 0.879 bits per heavy atom. The number of nitrogens with zero attached hydrogens (tertiary/aromatic N) is 3. The number of esters is 1. The highest BCUT2D eigenvalue weighted by Crippen LogP contribution is 2.38. The Labute approximate surface area is 195 Å². The van der Waals surface area contributed by atoms with Crippen LogP contribution >= 0.6 is 0 Å². The molecule has 1 aliphatic carbocycles. The SMILES string of the molecule is COC(=O)C1CCC(c2nnc(-c3ccc(C4CCNCC4)cc3)n2-c2ccccc2)CC1. The topological polar surface area (TPSA) is 69.0 Å². The second kappa shape index (κ2) is 9.87. The molecule has 0 bridgehead atoms. The second-order valence-corrected chi connectivity index (χ2v) is 9.27. The maximum absolute atomic E-state index is 12.0. The molecule has 0 atom stereocenters. The molecule has 0 spiro atoms. The van der Waals surface area contributed by atoms with E-state index in [-0.39, 0.29) is 17.8 Å². The number of aromatic nitrogens is 3. The molecule has 33 heavy (non-hydrogen) atoms. The number of rotatable bonds is 5. The van der Waals surface area contributed by atoms with E-state index in [4.69, 9.17) is 4.74 Å². The van der Waals surface area contributed by atoms with Crippen molar-refractivity contribution >= 4 is 5.97 Å². The van der Waals surface area contributed by atoms with E-state index in [2.05, 4.69) is 68.6 Å². The Bertz CT molecular complexity index is 1060. The van der Waals surface area contributed by atoms with Crippen LogP contribution in [0.3, 0.4) is 0 Å². The van der Waals surface area contributed by atoms with Gasteiger partial charge in [-0.15, -0.1) is 10.2 Å². The molecule has 2 aliphatic rings. The maximum Gasteiger partial charge on any atom is 0.308 e. The molecule has 1 aliphatic heterocycles. The number of ether oxygens (including phenoxy) is 1. The number of carbonyl (C=O) groups is 1. The molecule has 6 heteroatoms. The highest BCUT2D eigenvalue weighted by atomic mass is 16.5. The van der Waals surface area contributed by atoms with Crippen molar-refractivity contribution in [3.63, 3.8) is 0 Å². The van der Waals surface area contributed by atoms with Crippen LogP contribution in [0.5, 0.6) is 0 Å². The maximum atomic E-state index is 12.0. The van der Waals surface area contributed by atoms with Crippen molar-refractivity contribution < 1.29 is 9.53 Å². The van der Waals surface area contributed by atoms with Gasteiger partial charge in [0.2, 0.25) is 0 Å². The van der Waals surface area contributed by atoms with Crippen LogP contribution in [0.4, 0.5) is 0 Å². The van der Waals surface area contributed by atoms with Gasteiger partial charge in [0.25, 0.3) is 0 Å². The van der Waals surface area contributed by atoms with Crippen LogP contribution in [-0.2, 0) is 9.53 Å². The van der Waals surface area contributed by atoms with Crippen molar-refractivity contribution in [1.29, 1.82) is 0 Å². The lowest BCUT2D eigenvalue weighted by Gasteiger charge is -2.27. The van der Waals surface area contributed by atoms with Gasteiger partial charge in [0.15, 0.2) is 5.82 Å². The minimum absolute atomic E-state index is 0.00125. The first-order chi connectivity index (χ1) is 16.2. The summed E-state index contributed by atoms with van der Waals surface area (Å²) in [6, 6.07) is 19.3. The number of hydrogen-bond acceptors (Lipinski definition) is 5. The molecule has 1 saturated heterocycles. The first-order valence-electron chi connectivity index (χ1n) is 12.1. The monoisotopic (exact) mass is 444 g/mol. The quantitative estimate of drug-likeness (QED) is 0.570. The van der Waals surface area contributed by atoms with Gasteiger partial charge < -0.3 is 10.1 Å². The fourth-order valence-corrected chi connectivity index (χ4v) is 5.39. The number of benzene rings is 2. The summed E-state index contributed by atoms with van der Waals surface area (Å²) in [5.74, 6) is 2.69. The van der Waals surface area contributed by atoms with E-state index in [9.17, 15) is 4.79 Å². The van der Waals surface area contributed by atoms with Crippen LogP contribution in [0.15, 0.2) is 54.6 Å². The van der Waals surface area contributed by atoms with Crippen molar-refractivity contribution in [2.45, 2.75) is 50.4 Å². The smallest absolute Gasteiger partial charge is 0.308 e. The Hall–Kier alpha value is -2.99. The van der Waals surface area contributed by atoms with Gasteiger partial charge in [-0.3, -0.25) is 9.36 Å². The van der Waals surface area contributed by atoms with E-state index < -0.39 is 0 Å². The zero-order valence-corrected chi connectivity index (χ0v) is 19.2. The summed E-state index contributed by atoms with van der Waals surface area (Å²) >= 11 is 0. The van der Waals surface area contributed by atoms with E-state index in [1.165, 1.54) is 25.5 Å². The molecule has 2 fully saturated rings. The number of hydrogen-bond donors (Lipinski definition) is 1. The molecule has 172 valence electrons. The van der Waals surface area contributed by atoms with Gasteiger partial charge >= 0.3 is 5.97 Å². The minimum atomic E-state index is -0.0903. The number of methoxy groups -OCH3 is 1. The van der Waals surface area contributed by atoms with Crippen molar-refractivity contribution in [1.82, 2.24) is 20.1 Å². The molecular weight excluding hydrogens is 412 g/mol. The number of para-hydroxylation sites is 1. The highest BCUT2D eigenvalue weighted by molar-refractivity contribution is 5.72. The van der Waals surface area contributed by atoms with Gasteiger partial charge in [0.05, 0.1) is 13.0 Å². The first-order valence-corrected chi connectivity index (χ1v) is 12.1. The van der Waals surface area contributed by atoms with Crippen LogP contribution in [0, 0.1) is 5.92 Å². The fraction of sp³-hybridized carbons (Fsp3) is 0.444. The molecule has 1 saturated carbocycles. The summed E-state index contributed by atoms with van der Waals surface area (Å²) in [6.45, 7) is 2.19. The molecule has 1 aromatic heterocycles. The molecule has 0 unspecified atom stereocenters. The first kappa shape index (κ1) is 21.8. The molecular formula is C27H32N4O2. The van der Waals surface area contributed by atoms with E-state index >= 15 is 0 Å². The van der Waals surface area contributed by atoms with Crippen molar-refractivity contribution in [2.75, 3.05) is 20.2 Å². The molecule has 5 rings (SSSR count). The van der Waals surface area contributed by atoms with Crippen LogP contribution in [0.2, 0.25) is 0 Å². The molecule has 0 radical (unpaired) electrons. The highest BCUT2D eigenvalue weighted by Gasteiger charge is 2.31. The van der Waals surface area contributed by atoms with Crippen LogP contribution in [0.25, 0.3) is 17.1 Å². The Balaban J connectivity index is 1.45. The Kier molecular flexibility index (Phi) is 6.53.